The molecule has 0 unspecified atom stereocenters. The van der Waals surface area contributed by atoms with E-state index in [2.05, 4.69) is 28.2 Å². The third-order valence-electron chi connectivity index (χ3n) is 7.05. The summed E-state index contributed by atoms with van der Waals surface area (Å²) in [6, 6.07) is 0. The molecule has 0 atom stereocenters. The van der Waals surface area contributed by atoms with Crippen LogP contribution in [0.1, 0.15) is 77.0 Å². The van der Waals surface area contributed by atoms with Gasteiger partial charge in [-0.15, -0.1) is 0 Å². The van der Waals surface area contributed by atoms with Gasteiger partial charge >= 0.3 is 0 Å². The molecule has 142 valence electrons. The Morgan fingerprint density at radius 3 is 1.12 bits per heavy atom. The van der Waals surface area contributed by atoms with Crippen molar-refractivity contribution in [3.8, 4) is 0 Å². The third-order valence-corrected chi connectivity index (χ3v) is 7.05. The first-order valence-corrected chi connectivity index (χ1v) is 11.0. The van der Waals surface area contributed by atoms with E-state index in [9.17, 15) is 0 Å². The Morgan fingerprint density at radius 1 is 0.500 bits per heavy atom. The van der Waals surface area contributed by atoms with Crippen molar-refractivity contribution in [2.45, 2.75) is 77.0 Å². The SMILES string of the molecule is C[N+]1(C)CCC(CCCCCCCCC2CC[N+](C)(C)CC2)CC1. The highest BCUT2D eigenvalue weighted by Crippen LogP contribution is 2.27. The van der Waals surface area contributed by atoms with Gasteiger partial charge in [0, 0.05) is 0 Å². The number of likely N-dealkylation sites (tertiary alicyclic amines) is 2. The summed E-state index contributed by atoms with van der Waals surface area (Å²) in [4.78, 5) is 0. The molecule has 24 heavy (non-hydrogen) atoms. The Hall–Kier alpha value is -0.0800. The van der Waals surface area contributed by atoms with Crippen LogP contribution in [0, 0.1) is 11.8 Å². The number of unbranched alkanes of at least 4 members (excludes halogenated alkanes) is 5. The molecular formula is C22H46N2+2. The maximum absolute atomic E-state index is 2.39. The highest BCUT2D eigenvalue weighted by Gasteiger charge is 2.26. The number of hydrogen-bond acceptors (Lipinski definition) is 0. The topological polar surface area (TPSA) is 0 Å². The van der Waals surface area contributed by atoms with Gasteiger partial charge in [0.1, 0.15) is 0 Å². The number of nitrogens with zero attached hydrogens (tertiary/aromatic N) is 2. The number of rotatable bonds is 9. The predicted molar refractivity (Wildman–Crippen MR) is 106 cm³/mol. The predicted octanol–water partition coefficient (Wildman–Crippen LogP) is 5.08. The van der Waals surface area contributed by atoms with Crippen LogP contribution in [-0.2, 0) is 0 Å². The molecule has 2 aliphatic heterocycles. The molecule has 0 saturated carbocycles. The molecule has 2 heterocycles. The molecule has 0 amide bonds. The molecule has 0 bridgehead atoms. The van der Waals surface area contributed by atoms with Gasteiger partial charge in [0.2, 0.25) is 0 Å². The summed E-state index contributed by atoms with van der Waals surface area (Å²) in [5.41, 5.74) is 0. The summed E-state index contributed by atoms with van der Waals surface area (Å²) in [7, 11) is 9.57. The van der Waals surface area contributed by atoms with Crippen molar-refractivity contribution >= 4 is 0 Å². The summed E-state index contributed by atoms with van der Waals surface area (Å²) >= 11 is 0. The van der Waals surface area contributed by atoms with E-state index in [0.29, 0.717) is 0 Å². The van der Waals surface area contributed by atoms with Crippen LogP contribution in [0.5, 0.6) is 0 Å². The number of quaternary nitrogens is 2. The van der Waals surface area contributed by atoms with E-state index >= 15 is 0 Å². The molecule has 0 aromatic carbocycles. The highest BCUT2D eigenvalue weighted by atomic mass is 15.3. The molecule has 0 radical (unpaired) electrons. The van der Waals surface area contributed by atoms with Crippen molar-refractivity contribution in [1.29, 1.82) is 0 Å². The summed E-state index contributed by atoms with van der Waals surface area (Å²) < 4.78 is 2.52. The first kappa shape index (κ1) is 20.2. The van der Waals surface area contributed by atoms with Crippen LogP contribution < -0.4 is 0 Å². The van der Waals surface area contributed by atoms with Gasteiger partial charge in [0.05, 0.1) is 54.4 Å². The smallest absolute Gasteiger partial charge is 0.0785 e. The van der Waals surface area contributed by atoms with Gasteiger partial charge in [-0.25, -0.2) is 0 Å². The van der Waals surface area contributed by atoms with Crippen LogP contribution in [0.25, 0.3) is 0 Å². The van der Waals surface area contributed by atoms with Gasteiger partial charge in [0.15, 0.2) is 0 Å². The van der Waals surface area contributed by atoms with Gasteiger partial charge in [-0.05, 0) is 37.5 Å². The summed E-state index contributed by atoms with van der Waals surface area (Å²) in [5.74, 6) is 2.09. The first-order chi connectivity index (χ1) is 11.4. The molecular weight excluding hydrogens is 292 g/mol. The number of piperidine rings is 2. The van der Waals surface area contributed by atoms with Crippen molar-refractivity contribution in [3.05, 3.63) is 0 Å². The summed E-state index contributed by atoms with van der Waals surface area (Å²) in [6.45, 7) is 5.62. The maximum atomic E-state index is 2.39. The van der Waals surface area contributed by atoms with Crippen LogP contribution in [0.4, 0.5) is 0 Å². The minimum absolute atomic E-state index is 1.05. The lowest BCUT2D eigenvalue weighted by molar-refractivity contribution is -0.896. The monoisotopic (exact) mass is 338 g/mol. The minimum Gasteiger partial charge on any atom is -0.328 e. The molecule has 0 aromatic heterocycles. The van der Waals surface area contributed by atoms with Crippen LogP contribution >= 0.6 is 0 Å². The second-order valence-corrected chi connectivity index (χ2v) is 10.4. The van der Waals surface area contributed by atoms with E-state index in [0.717, 1.165) is 11.8 Å². The van der Waals surface area contributed by atoms with Crippen molar-refractivity contribution in [2.75, 3.05) is 54.4 Å². The average molecular weight is 339 g/mol. The molecule has 2 rings (SSSR count). The van der Waals surface area contributed by atoms with Crippen molar-refractivity contribution < 1.29 is 8.97 Å². The molecule has 0 aromatic rings. The van der Waals surface area contributed by atoms with E-state index in [1.807, 2.05) is 0 Å². The fourth-order valence-electron chi connectivity index (χ4n) is 4.79. The van der Waals surface area contributed by atoms with Crippen molar-refractivity contribution in [1.82, 2.24) is 0 Å². The Morgan fingerprint density at radius 2 is 0.792 bits per heavy atom. The van der Waals surface area contributed by atoms with Crippen molar-refractivity contribution in [2.24, 2.45) is 11.8 Å². The fourth-order valence-corrected chi connectivity index (χ4v) is 4.79. The summed E-state index contributed by atoms with van der Waals surface area (Å²) in [6.07, 6.45) is 17.9. The van der Waals surface area contributed by atoms with Crippen LogP contribution in [0.15, 0.2) is 0 Å². The van der Waals surface area contributed by atoms with E-state index < -0.39 is 0 Å². The van der Waals surface area contributed by atoms with Crippen LogP contribution in [0.2, 0.25) is 0 Å². The van der Waals surface area contributed by atoms with Gasteiger partial charge in [0.25, 0.3) is 0 Å². The maximum Gasteiger partial charge on any atom is 0.0785 e. The zero-order valence-corrected chi connectivity index (χ0v) is 17.4. The van der Waals surface area contributed by atoms with Crippen LogP contribution in [0.3, 0.4) is 0 Å². The Kier molecular flexibility index (Phi) is 8.07. The van der Waals surface area contributed by atoms with Gasteiger partial charge in [-0.3, -0.25) is 0 Å². The van der Waals surface area contributed by atoms with E-state index in [-0.39, 0.29) is 0 Å². The van der Waals surface area contributed by atoms with E-state index in [4.69, 9.17) is 0 Å². The van der Waals surface area contributed by atoms with Crippen molar-refractivity contribution in [3.63, 3.8) is 0 Å². The second kappa shape index (κ2) is 9.57. The zero-order chi connectivity index (χ0) is 17.5. The third kappa shape index (κ3) is 7.87. The highest BCUT2D eigenvalue weighted by molar-refractivity contribution is 4.65. The molecule has 2 aliphatic rings. The normalized spacial score (nSPS) is 25.0. The lowest BCUT2D eigenvalue weighted by atomic mass is 9.89. The Bertz CT molecular complexity index is 294. The van der Waals surface area contributed by atoms with Gasteiger partial charge in [-0.1, -0.05) is 51.4 Å². The molecule has 2 fully saturated rings. The van der Waals surface area contributed by atoms with Crippen LogP contribution in [-0.4, -0.2) is 63.3 Å². The molecule has 0 spiro atoms. The lowest BCUT2D eigenvalue weighted by Gasteiger charge is -2.37. The number of hydrogen-bond donors (Lipinski definition) is 0. The lowest BCUT2D eigenvalue weighted by Crippen LogP contribution is -2.46. The molecule has 2 heteroatoms. The quantitative estimate of drug-likeness (QED) is 0.406. The standard InChI is InChI=1S/C22H46N2/c1-23(2)17-13-21(14-18-23)11-9-7-5-6-8-10-12-22-15-19-24(3,4)20-16-22/h21-22H,5-20H2,1-4H3/q+2. The zero-order valence-electron chi connectivity index (χ0n) is 17.4. The average Bonchev–Trinajstić information content (AvgIpc) is 2.52. The minimum atomic E-state index is 1.05. The molecule has 0 N–H and O–H groups in total. The Balaban J connectivity index is 1.37. The molecule has 2 saturated heterocycles. The van der Waals surface area contributed by atoms with Gasteiger partial charge in [-0.2, -0.15) is 0 Å². The fraction of sp³-hybridized carbons (Fsp3) is 1.00. The van der Waals surface area contributed by atoms with E-state index in [1.165, 1.54) is 112 Å². The summed E-state index contributed by atoms with van der Waals surface area (Å²) in [5, 5.41) is 0. The molecule has 0 aliphatic carbocycles. The Labute approximate surface area is 152 Å². The largest absolute Gasteiger partial charge is 0.328 e. The van der Waals surface area contributed by atoms with E-state index in [1.54, 1.807) is 0 Å². The second-order valence-electron chi connectivity index (χ2n) is 10.4. The first-order valence-electron chi connectivity index (χ1n) is 11.0. The molecule has 2 nitrogen and oxygen atoms in total. The van der Waals surface area contributed by atoms with Gasteiger partial charge < -0.3 is 8.97 Å².